The molecule has 0 bridgehead atoms. The second-order valence-corrected chi connectivity index (χ2v) is 3.81. The Morgan fingerprint density at radius 2 is 2.18 bits per heavy atom. The van der Waals surface area contributed by atoms with Crippen LogP contribution in [0.25, 0.3) is 0 Å². The summed E-state index contributed by atoms with van der Waals surface area (Å²) >= 11 is 0. The number of aryl methyl sites for hydroxylation is 1. The molecule has 1 unspecified atom stereocenters. The summed E-state index contributed by atoms with van der Waals surface area (Å²) in [5.74, 6) is 0.919. The molecule has 0 aliphatic carbocycles. The van der Waals surface area contributed by atoms with Crippen molar-refractivity contribution in [3.8, 4) is 5.75 Å². The number of hydrogen-bond acceptors (Lipinski definition) is 3. The molecule has 1 atom stereocenters. The first-order chi connectivity index (χ1) is 8.34. The molecular weight excluding hydrogens is 216 g/mol. The average Bonchev–Trinajstić information content (AvgIpc) is 3.09. The molecule has 1 aliphatic rings. The largest absolute Gasteiger partial charge is 0.491 e. The number of imidazole rings is 1. The van der Waals surface area contributed by atoms with E-state index in [0.29, 0.717) is 12.7 Å². The monoisotopic (exact) mass is 232 g/mol. The lowest BCUT2D eigenvalue weighted by Crippen LogP contribution is -2.03. The molecule has 4 heteroatoms. The zero-order chi connectivity index (χ0) is 11.9. The fraction of sp³-hybridized carbons (Fsp3) is 0.308. The summed E-state index contributed by atoms with van der Waals surface area (Å²) in [5, 5.41) is 0. The number of aromatic nitrogens is 2. The second kappa shape index (κ2) is 6.06. The minimum Gasteiger partial charge on any atom is -0.491 e. The quantitative estimate of drug-likeness (QED) is 0.759. The fourth-order valence-corrected chi connectivity index (χ4v) is 1.20. The summed E-state index contributed by atoms with van der Waals surface area (Å²) in [6.45, 7) is 1.54. The van der Waals surface area contributed by atoms with E-state index in [1.807, 2.05) is 48.1 Å². The highest BCUT2D eigenvalue weighted by atomic mass is 16.6. The average molecular weight is 232 g/mol. The van der Waals surface area contributed by atoms with Crippen LogP contribution in [0.4, 0.5) is 0 Å². The van der Waals surface area contributed by atoms with Crippen molar-refractivity contribution in [1.29, 1.82) is 0 Å². The number of para-hydroxylation sites is 1. The molecule has 2 aromatic rings. The summed E-state index contributed by atoms with van der Waals surface area (Å²) in [6.07, 6.45) is 5.73. The summed E-state index contributed by atoms with van der Waals surface area (Å²) in [4.78, 5) is 3.78. The molecule has 1 fully saturated rings. The molecule has 1 aromatic carbocycles. The van der Waals surface area contributed by atoms with Gasteiger partial charge in [0, 0.05) is 19.4 Å². The van der Waals surface area contributed by atoms with Crippen LogP contribution < -0.4 is 4.74 Å². The van der Waals surface area contributed by atoms with Crippen LogP contribution in [-0.2, 0) is 11.8 Å². The van der Waals surface area contributed by atoms with Crippen molar-refractivity contribution < 1.29 is 9.47 Å². The maximum absolute atomic E-state index is 5.40. The van der Waals surface area contributed by atoms with Crippen molar-refractivity contribution >= 4 is 0 Å². The van der Waals surface area contributed by atoms with Crippen LogP contribution in [0, 0.1) is 0 Å². The van der Waals surface area contributed by atoms with Gasteiger partial charge in [-0.25, -0.2) is 4.98 Å². The van der Waals surface area contributed by atoms with E-state index in [1.54, 1.807) is 12.5 Å². The van der Waals surface area contributed by atoms with Crippen molar-refractivity contribution in [3.63, 3.8) is 0 Å². The van der Waals surface area contributed by atoms with E-state index >= 15 is 0 Å². The second-order valence-electron chi connectivity index (χ2n) is 3.81. The molecule has 1 aromatic heterocycles. The van der Waals surface area contributed by atoms with E-state index in [1.165, 1.54) is 0 Å². The van der Waals surface area contributed by atoms with Crippen LogP contribution in [0.2, 0.25) is 0 Å². The van der Waals surface area contributed by atoms with Crippen molar-refractivity contribution in [2.24, 2.45) is 7.05 Å². The molecule has 1 saturated heterocycles. The van der Waals surface area contributed by atoms with E-state index in [0.717, 1.165) is 12.4 Å². The summed E-state index contributed by atoms with van der Waals surface area (Å²) < 4.78 is 12.3. The van der Waals surface area contributed by atoms with Crippen molar-refractivity contribution in [2.45, 2.75) is 6.10 Å². The Balaban J connectivity index is 0.000000153. The molecule has 0 saturated carbocycles. The molecule has 90 valence electrons. The lowest BCUT2D eigenvalue weighted by atomic mass is 10.3. The molecule has 4 nitrogen and oxygen atoms in total. The van der Waals surface area contributed by atoms with Gasteiger partial charge in [0.25, 0.3) is 0 Å². The van der Waals surface area contributed by atoms with Gasteiger partial charge in [-0.1, -0.05) is 18.2 Å². The third-order valence-electron chi connectivity index (χ3n) is 2.22. The Bertz CT molecular complexity index is 410. The van der Waals surface area contributed by atoms with Gasteiger partial charge < -0.3 is 14.0 Å². The normalized spacial score (nSPS) is 16.9. The molecule has 0 radical (unpaired) electrons. The molecule has 1 aliphatic heterocycles. The highest BCUT2D eigenvalue weighted by molar-refractivity contribution is 5.20. The van der Waals surface area contributed by atoms with Gasteiger partial charge >= 0.3 is 0 Å². The number of ether oxygens (including phenoxy) is 2. The van der Waals surface area contributed by atoms with Crippen LogP contribution in [0.1, 0.15) is 0 Å². The number of benzene rings is 1. The predicted octanol–water partition coefficient (Wildman–Crippen LogP) is 1.88. The predicted molar refractivity (Wildman–Crippen MR) is 64.9 cm³/mol. The highest BCUT2D eigenvalue weighted by Gasteiger charge is 2.22. The zero-order valence-electron chi connectivity index (χ0n) is 9.82. The Kier molecular flexibility index (Phi) is 4.16. The number of nitrogens with zero attached hydrogens (tertiary/aromatic N) is 2. The number of hydrogen-bond donors (Lipinski definition) is 0. The van der Waals surface area contributed by atoms with Gasteiger partial charge in [0.15, 0.2) is 0 Å². The van der Waals surface area contributed by atoms with Crippen LogP contribution >= 0.6 is 0 Å². The molecule has 3 rings (SSSR count). The lowest BCUT2D eigenvalue weighted by molar-refractivity contribution is 0.263. The first-order valence-corrected chi connectivity index (χ1v) is 5.56. The molecule has 2 heterocycles. The van der Waals surface area contributed by atoms with Crippen molar-refractivity contribution in [2.75, 3.05) is 13.2 Å². The standard InChI is InChI=1S/C9H10O2.C4H6N2/c1-2-4-8(5-3-1)10-6-9-7-11-9;1-6-3-2-5-4-6/h1-5,9H,6-7H2;2-4H,1H3. The lowest BCUT2D eigenvalue weighted by Gasteiger charge is -2.01. The van der Waals surface area contributed by atoms with Gasteiger partial charge in [0.1, 0.15) is 18.5 Å². The minimum atomic E-state index is 0.343. The maximum atomic E-state index is 5.40. The highest BCUT2D eigenvalue weighted by Crippen LogP contribution is 2.13. The van der Waals surface area contributed by atoms with E-state index in [9.17, 15) is 0 Å². The third kappa shape index (κ3) is 4.70. The molecule has 17 heavy (non-hydrogen) atoms. The molecular formula is C13H16N2O2. The number of rotatable bonds is 3. The van der Waals surface area contributed by atoms with Crippen LogP contribution in [0.15, 0.2) is 49.1 Å². The van der Waals surface area contributed by atoms with E-state index < -0.39 is 0 Å². The molecule has 0 spiro atoms. The minimum absolute atomic E-state index is 0.343. The first kappa shape index (κ1) is 11.7. The van der Waals surface area contributed by atoms with Gasteiger partial charge in [-0.15, -0.1) is 0 Å². The van der Waals surface area contributed by atoms with Gasteiger partial charge in [0.2, 0.25) is 0 Å². The van der Waals surface area contributed by atoms with E-state index in [-0.39, 0.29) is 0 Å². The Labute approximate surface area is 101 Å². The fourth-order valence-electron chi connectivity index (χ4n) is 1.20. The Morgan fingerprint density at radius 1 is 1.41 bits per heavy atom. The van der Waals surface area contributed by atoms with Gasteiger partial charge in [-0.05, 0) is 12.1 Å². The maximum Gasteiger partial charge on any atom is 0.119 e. The van der Waals surface area contributed by atoms with Crippen LogP contribution in [0.5, 0.6) is 5.75 Å². The summed E-state index contributed by atoms with van der Waals surface area (Å²) in [5.41, 5.74) is 0. The third-order valence-corrected chi connectivity index (χ3v) is 2.22. The SMILES string of the molecule is Cn1ccnc1.c1ccc(OCC2CO2)cc1. The Hall–Kier alpha value is -1.81. The van der Waals surface area contributed by atoms with Crippen LogP contribution in [0.3, 0.4) is 0 Å². The summed E-state index contributed by atoms with van der Waals surface area (Å²) in [6, 6.07) is 9.79. The van der Waals surface area contributed by atoms with Crippen LogP contribution in [-0.4, -0.2) is 28.9 Å². The molecule has 0 N–H and O–H groups in total. The van der Waals surface area contributed by atoms with Gasteiger partial charge in [0.05, 0.1) is 12.9 Å². The smallest absolute Gasteiger partial charge is 0.119 e. The van der Waals surface area contributed by atoms with E-state index in [2.05, 4.69) is 4.98 Å². The van der Waals surface area contributed by atoms with Crippen molar-refractivity contribution in [1.82, 2.24) is 9.55 Å². The van der Waals surface area contributed by atoms with Crippen molar-refractivity contribution in [3.05, 3.63) is 49.1 Å². The first-order valence-electron chi connectivity index (χ1n) is 5.56. The topological polar surface area (TPSA) is 39.6 Å². The van der Waals surface area contributed by atoms with E-state index in [4.69, 9.17) is 9.47 Å². The summed E-state index contributed by atoms with van der Waals surface area (Å²) in [7, 11) is 1.94. The van der Waals surface area contributed by atoms with Gasteiger partial charge in [-0.3, -0.25) is 0 Å². The Morgan fingerprint density at radius 3 is 2.65 bits per heavy atom. The zero-order valence-corrected chi connectivity index (χ0v) is 9.82. The number of epoxide rings is 1. The van der Waals surface area contributed by atoms with Gasteiger partial charge in [-0.2, -0.15) is 0 Å². The molecule has 0 amide bonds.